The lowest BCUT2D eigenvalue weighted by Crippen LogP contribution is -2.29. The third-order valence-electron chi connectivity index (χ3n) is 3.62. The highest BCUT2D eigenvalue weighted by atomic mass is 16.5. The summed E-state index contributed by atoms with van der Waals surface area (Å²) in [6, 6.07) is 4.92. The van der Waals surface area contributed by atoms with Crippen LogP contribution in [0.25, 0.3) is 11.0 Å². The van der Waals surface area contributed by atoms with Gasteiger partial charge >= 0.3 is 5.97 Å². The van der Waals surface area contributed by atoms with Gasteiger partial charge in [-0.1, -0.05) is 0 Å². The smallest absolute Gasteiger partial charge is 0.305 e. The van der Waals surface area contributed by atoms with Gasteiger partial charge in [-0.15, -0.1) is 0 Å². The summed E-state index contributed by atoms with van der Waals surface area (Å²) in [6.07, 6.45) is -2.63. The van der Waals surface area contributed by atoms with Crippen LogP contribution in [0.2, 0.25) is 0 Å². The van der Waals surface area contributed by atoms with Crippen LogP contribution < -0.4 is 4.90 Å². The Morgan fingerprint density at radius 3 is 2.79 bits per heavy atom. The molecule has 0 saturated heterocycles. The zero-order chi connectivity index (χ0) is 21.8. The number of methoxy groups -OCH3 is 1. The topological polar surface area (TPSA) is 87.8 Å². The number of rotatable bonds is 9. The lowest BCUT2D eigenvalue weighted by Gasteiger charge is -2.22. The predicted molar refractivity (Wildman–Crippen MR) is 92.1 cm³/mol. The van der Waals surface area contributed by atoms with Crippen molar-refractivity contribution >= 4 is 22.7 Å². The molecule has 7 heteroatoms. The number of aliphatic hydroxyl groups is 2. The molecule has 2 rings (SSSR count). The van der Waals surface area contributed by atoms with E-state index >= 15 is 0 Å². The molecule has 0 aliphatic rings. The Bertz CT molecular complexity index is 847. The van der Waals surface area contributed by atoms with E-state index in [0.717, 1.165) is 11.7 Å². The first-order valence-corrected chi connectivity index (χ1v) is 7.62. The van der Waals surface area contributed by atoms with Gasteiger partial charge < -0.3 is 24.4 Å². The van der Waals surface area contributed by atoms with Crippen molar-refractivity contribution in [3.8, 4) is 0 Å². The molecule has 7 nitrogen and oxygen atoms in total. The van der Waals surface area contributed by atoms with Gasteiger partial charge in [0.15, 0.2) is 0 Å². The van der Waals surface area contributed by atoms with Gasteiger partial charge in [-0.2, -0.15) is 0 Å². The van der Waals surface area contributed by atoms with Crippen molar-refractivity contribution in [1.29, 1.82) is 0 Å². The minimum Gasteiger partial charge on any atom is -0.469 e. The van der Waals surface area contributed by atoms with Crippen molar-refractivity contribution < 1.29 is 26.6 Å². The predicted octanol–water partition coefficient (Wildman–Crippen LogP) is 0.860. The third-order valence-corrected chi connectivity index (χ3v) is 3.62. The van der Waals surface area contributed by atoms with Gasteiger partial charge in [-0.3, -0.25) is 4.79 Å². The Morgan fingerprint density at radius 1 is 1.42 bits per heavy atom. The molecule has 2 aromatic rings. The molecule has 0 aliphatic heterocycles. The second-order valence-electron chi connectivity index (χ2n) is 5.14. The Labute approximate surface area is 148 Å². The minimum absolute atomic E-state index is 0.0818. The largest absolute Gasteiger partial charge is 0.469 e. The van der Waals surface area contributed by atoms with E-state index in [-0.39, 0.29) is 45.0 Å². The Morgan fingerprint density at radius 2 is 2.17 bits per heavy atom. The highest BCUT2D eigenvalue weighted by molar-refractivity contribution is 5.80. The zero-order valence-corrected chi connectivity index (χ0v) is 13.5. The van der Waals surface area contributed by atoms with Crippen LogP contribution in [0.4, 0.5) is 5.69 Å². The van der Waals surface area contributed by atoms with Crippen LogP contribution in [0.1, 0.15) is 25.5 Å². The fraction of sp³-hybridized carbons (Fsp3) is 0.529. The maximum Gasteiger partial charge on any atom is 0.305 e. The standard InChI is InChI=1S/C17H25N3O4/c1-19-15-7-6-13(20(8-10-21)9-11-22)12-14(15)18-16(19)4-3-5-17(23)24-2/h6-7,12,21-22H,3-5,8-11H2,1-2H3/i1D3,5D2. The molecule has 0 amide bonds. The Kier molecular flexibility index (Phi) is 4.43. The number of hydrogen-bond acceptors (Lipinski definition) is 6. The van der Waals surface area contributed by atoms with Gasteiger partial charge in [0.2, 0.25) is 0 Å². The van der Waals surface area contributed by atoms with Gasteiger partial charge in [-0.25, -0.2) is 4.98 Å². The first kappa shape index (κ1) is 12.3. The number of imidazole rings is 1. The number of esters is 1. The number of aromatic nitrogens is 2. The molecule has 132 valence electrons. The molecule has 0 radical (unpaired) electrons. The second kappa shape index (κ2) is 8.65. The summed E-state index contributed by atoms with van der Waals surface area (Å²) in [7, 11) is 1.09. The zero-order valence-electron chi connectivity index (χ0n) is 18.5. The number of nitrogens with zero attached hydrogens (tertiary/aromatic N) is 3. The molecule has 0 unspecified atom stereocenters. The Hall–Kier alpha value is -2.12. The van der Waals surface area contributed by atoms with Crippen LogP contribution in [-0.4, -0.2) is 59.1 Å². The van der Waals surface area contributed by atoms with E-state index in [2.05, 4.69) is 9.72 Å². The van der Waals surface area contributed by atoms with Crippen LogP contribution in [0, 0.1) is 0 Å². The van der Waals surface area contributed by atoms with Crippen LogP contribution in [-0.2, 0) is 22.9 Å². The summed E-state index contributed by atoms with van der Waals surface area (Å²) >= 11 is 0. The van der Waals surface area contributed by atoms with E-state index in [1.54, 1.807) is 23.1 Å². The minimum atomic E-state index is -2.54. The molecule has 1 heterocycles. The number of carbonyl (C=O) groups excluding carboxylic acids is 1. The van der Waals surface area contributed by atoms with Crippen LogP contribution in [0.15, 0.2) is 18.2 Å². The molecule has 0 atom stereocenters. The summed E-state index contributed by atoms with van der Waals surface area (Å²) in [4.78, 5) is 17.7. The number of aliphatic hydroxyl groups excluding tert-OH is 2. The molecule has 0 aliphatic carbocycles. The third kappa shape index (κ3) is 4.24. The number of carbonyl (C=O) groups is 1. The fourth-order valence-electron chi connectivity index (χ4n) is 2.44. The van der Waals surface area contributed by atoms with Crippen molar-refractivity contribution in [2.24, 2.45) is 6.98 Å². The molecule has 0 saturated carbocycles. The van der Waals surface area contributed by atoms with Crippen molar-refractivity contribution in [1.82, 2.24) is 9.55 Å². The van der Waals surface area contributed by atoms with E-state index in [9.17, 15) is 15.0 Å². The average Bonchev–Trinajstić information content (AvgIpc) is 3.03. The Balaban J connectivity index is 2.45. The van der Waals surface area contributed by atoms with Gasteiger partial charge in [0.25, 0.3) is 0 Å². The molecular weight excluding hydrogens is 310 g/mol. The monoisotopic (exact) mass is 340 g/mol. The average molecular weight is 340 g/mol. The molecular formula is C17H25N3O4. The molecule has 1 aromatic carbocycles. The lowest BCUT2D eigenvalue weighted by atomic mass is 10.2. The number of fused-ring (bicyclic) bond motifs is 1. The first-order chi connectivity index (χ1) is 13.5. The second-order valence-corrected chi connectivity index (χ2v) is 5.14. The van der Waals surface area contributed by atoms with Gasteiger partial charge in [0, 0.05) is 45.4 Å². The lowest BCUT2D eigenvalue weighted by molar-refractivity contribution is -0.140. The van der Waals surface area contributed by atoms with E-state index in [4.69, 9.17) is 6.85 Å². The maximum atomic E-state index is 11.6. The normalized spacial score (nSPS) is 15.2. The van der Waals surface area contributed by atoms with Gasteiger partial charge in [0.05, 0.1) is 31.4 Å². The molecule has 24 heavy (non-hydrogen) atoms. The molecule has 0 spiro atoms. The highest BCUT2D eigenvalue weighted by Crippen LogP contribution is 2.23. The van der Waals surface area contributed by atoms with E-state index in [1.807, 2.05) is 0 Å². The molecule has 0 bridgehead atoms. The molecule has 1 aromatic heterocycles. The number of hydrogen-bond donors (Lipinski definition) is 2. The SMILES string of the molecule is [2H]C([2H])(CCc1nc2cc(N(CCO)CCO)ccc2n1C([2H])([2H])[2H])C(=O)OC. The van der Waals surface area contributed by atoms with Gasteiger partial charge in [0.1, 0.15) is 5.82 Å². The summed E-state index contributed by atoms with van der Waals surface area (Å²) in [5.74, 6) is -0.902. The van der Waals surface area contributed by atoms with Crippen molar-refractivity contribution in [3.63, 3.8) is 0 Å². The highest BCUT2D eigenvalue weighted by Gasteiger charge is 2.12. The number of ether oxygens (including phenoxy) is 1. The summed E-state index contributed by atoms with van der Waals surface area (Å²) in [6.45, 7) is -2.19. The number of aryl methyl sites for hydroxylation is 2. The van der Waals surface area contributed by atoms with Crippen molar-refractivity contribution in [2.45, 2.75) is 19.2 Å². The number of benzene rings is 1. The van der Waals surface area contributed by atoms with E-state index in [1.165, 1.54) is 0 Å². The summed E-state index contributed by atoms with van der Waals surface area (Å²) < 4.78 is 44.6. The van der Waals surface area contributed by atoms with Crippen molar-refractivity contribution in [2.75, 3.05) is 38.3 Å². The van der Waals surface area contributed by atoms with E-state index in [0.29, 0.717) is 16.7 Å². The van der Waals surface area contributed by atoms with Crippen LogP contribution in [0.5, 0.6) is 0 Å². The molecule has 2 N–H and O–H groups in total. The summed E-state index contributed by atoms with van der Waals surface area (Å²) in [5, 5.41) is 18.4. The number of anilines is 1. The van der Waals surface area contributed by atoms with E-state index < -0.39 is 19.3 Å². The molecule has 0 fully saturated rings. The van der Waals surface area contributed by atoms with Crippen molar-refractivity contribution in [3.05, 3.63) is 24.0 Å². The quantitative estimate of drug-likeness (QED) is 0.658. The van der Waals surface area contributed by atoms with Crippen LogP contribution >= 0.6 is 0 Å². The fourth-order valence-corrected chi connectivity index (χ4v) is 2.44. The van der Waals surface area contributed by atoms with Crippen LogP contribution in [0.3, 0.4) is 0 Å². The maximum absolute atomic E-state index is 11.6. The first-order valence-electron chi connectivity index (χ1n) is 10.1. The summed E-state index contributed by atoms with van der Waals surface area (Å²) in [5.41, 5.74) is 1.38. The van der Waals surface area contributed by atoms with Gasteiger partial charge in [-0.05, 0) is 24.6 Å².